The van der Waals surface area contributed by atoms with Gasteiger partial charge in [0.25, 0.3) is 0 Å². The van der Waals surface area contributed by atoms with Crippen molar-refractivity contribution in [2.75, 3.05) is 32.1 Å². The molecule has 1 amide bonds. The van der Waals surface area contributed by atoms with Crippen LogP contribution in [-0.2, 0) is 14.6 Å². The summed E-state index contributed by atoms with van der Waals surface area (Å²) in [6.07, 6.45) is 1.16. The summed E-state index contributed by atoms with van der Waals surface area (Å²) < 4.78 is 21.7. The zero-order valence-corrected chi connectivity index (χ0v) is 10.6. The second kappa shape index (κ2) is 6.07. The van der Waals surface area contributed by atoms with Crippen LogP contribution in [0.15, 0.2) is 0 Å². The fraction of sp³-hybridized carbons (Fsp3) is 0.889. The first-order valence-corrected chi connectivity index (χ1v) is 6.93. The molecule has 0 aliphatic heterocycles. The van der Waals surface area contributed by atoms with Crippen LogP contribution in [0.25, 0.3) is 0 Å². The van der Waals surface area contributed by atoms with Gasteiger partial charge in [0.05, 0.1) is 12.3 Å². The standard InChI is InChI=1S/C9H20N2O3S/c1-8(2)10-7-9(12)11(3)5-6-15(4,13)14/h8,10H,5-7H2,1-4H3. The van der Waals surface area contributed by atoms with Gasteiger partial charge in [-0.15, -0.1) is 0 Å². The number of sulfone groups is 1. The van der Waals surface area contributed by atoms with Gasteiger partial charge >= 0.3 is 0 Å². The molecule has 0 saturated heterocycles. The lowest BCUT2D eigenvalue weighted by atomic mass is 10.4. The number of nitrogens with one attached hydrogen (secondary N) is 1. The molecule has 0 spiro atoms. The third kappa shape index (κ3) is 8.38. The topological polar surface area (TPSA) is 66.5 Å². The third-order valence-corrected chi connectivity index (χ3v) is 2.81. The highest BCUT2D eigenvalue weighted by atomic mass is 32.2. The molecule has 0 aromatic carbocycles. The zero-order chi connectivity index (χ0) is 12.1. The highest BCUT2D eigenvalue weighted by Crippen LogP contribution is 1.89. The quantitative estimate of drug-likeness (QED) is 0.674. The summed E-state index contributed by atoms with van der Waals surface area (Å²) in [6.45, 7) is 4.39. The summed E-state index contributed by atoms with van der Waals surface area (Å²) in [5.74, 6) is -0.0796. The Morgan fingerprint density at radius 3 is 2.33 bits per heavy atom. The number of carbonyl (C=O) groups is 1. The lowest BCUT2D eigenvalue weighted by Gasteiger charge is -2.17. The van der Waals surface area contributed by atoms with Gasteiger partial charge in [-0.2, -0.15) is 0 Å². The summed E-state index contributed by atoms with van der Waals surface area (Å²) in [7, 11) is -1.39. The molecule has 0 aliphatic rings. The van der Waals surface area contributed by atoms with Gasteiger partial charge in [0.1, 0.15) is 9.84 Å². The highest BCUT2D eigenvalue weighted by Gasteiger charge is 2.11. The van der Waals surface area contributed by atoms with E-state index in [1.165, 1.54) is 4.90 Å². The van der Waals surface area contributed by atoms with E-state index in [0.717, 1.165) is 6.26 Å². The smallest absolute Gasteiger partial charge is 0.236 e. The lowest BCUT2D eigenvalue weighted by molar-refractivity contribution is -0.128. The molecule has 15 heavy (non-hydrogen) atoms. The largest absolute Gasteiger partial charge is 0.344 e. The molecule has 0 aliphatic carbocycles. The minimum absolute atomic E-state index is 0.0108. The molecule has 0 rings (SSSR count). The monoisotopic (exact) mass is 236 g/mol. The Labute approximate surface area is 91.8 Å². The van der Waals surface area contributed by atoms with Gasteiger partial charge in [0, 0.05) is 25.9 Å². The van der Waals surface area contributed by atoms with Crippen molar-refractivity contribution in [3.63, 3.8) is 0 Å². The van der Waals surface area contributed by atoms with Crippen LogP contribution in [0.5, 0.6) is 0 Å². The van der Waals surface area contributed by atoms with Crippen molar-refractivity contribution in [2.45, 2.75) is 19.9 Å². The molecule has 1 N–H and O–H groups in total. The fourth-order valence-electron chi connectivity index (χ4n) is 0.854. The van der Waals surface area contributed by atoms with Crippen LogP contribution in [0.1, 0.15) is 13.8 Å². The normalized spacial score (nSPS) is 11.8. The summed E-state index contributed by atoms with van der Waals surface area (Å²) in [5.41, 5.74) is 0. The molecule has 90 valence electrons. The van der Waals surface area contributed by atoms with Gasteiger partial charge in [0.15, 0.2) is 0 Å². The Morgan fingerprint density at radius 1 is 1.40 bits per heavy atom. The Kier molecular flexibility index (Phi) is 5.82. The number of hydrogen-bond donors (Lipinski definition) is 1. The first kappa shape index (κ1) is 14.4. The summed E-state index contributed by atoms with van der Waals surface area (Å²) in [6, 6.07) is 0.247. The molecule has 0 saturated carbocycles. The van der Waals surface area contributed by atoms with E-state index in [4.69, 9.17) is 0 Å². The van der Waals surface area contributed by atoms with Crippen LogP contribution < -0.4 is 5.32 Å². The molecule has 0 atom stereocenters. The molecule has 0 heterocycles. The van der Waals surface area contributed by atoms with E-state index in [1.54, 1.807) is 7.05 Å². The van der Waals surface area contributed by atoms with Crippen molar-refractivity contribution in [1.82, 2.24) is 10.2 Å². The number of nitrogens with zero attached hydrogens (tertiary/aromatic N) is 1. The van der Waals surface area contributed by atoms with Crippen molar-refractivity contribution >= 4 is 15.7 Å². The van der Waals surface area contributed by atoms with Crippen molar-refractivity contribution in [3.8, 4) is 0 Å². The molecule has 5 nitrogen and oxygen atoms in total. The van der Waals surface area contributed by atoms with E-state index in [-0.39, 0.29) is 30.8 Å². The highest BCUT2D eigenvalue weighted by molar-refractivity contribution is 7.90. The second-order valence-electron chi connectivity index (χ2n) is 3.98. The van der Waals surface area contributed by atoms with Gasteiger partial charge in [0.2, 0.25) is 5.91 Å². The SMILES string of the molecule is CC(C)NCC(=O)N(C)CCS(C)(=O)=O. The molecule has 0 unspecified atom stereocenters. The Hall–Kier alpha value is -0.620. The van der Waals surface area contributed by atoms with Gasteiger partial charge in [-0.1, -0.05) is 13.8 Å². The first-order valence-electron chi connectivity index (χ1n) is 4.87. The first-order chi connectivity index (χ1) is 6.72. The summed E-state index contributed by atoms with van der Waals surface area (Å²) in [4.78, 5) is 12.9. The lowest BCUT2D eigenvalue weighted by Crippen LogP contribution is -2.39. The molecule has 0 fully saturated rings. The molecule has 0 radical (unpaired) electrons. The van der Waals surface area contributed by atoms with Crippen LogP contribution in [0.3, 0.4) is 0 Å². The van der Waals surface area contributed by atoms with E-state index in [9.17, 15) is 13.2 Å². The van der Waals surface area contributed by atoms with Crippen molar-refractivity contribution in [3.05, 3.63) is 0 Å². The molecular weight excluding hydrogens is 216 g/mol. The maximum absolute atomic E-state index is 11.4. The second-order valence-corrected chi connectivity index (χ2v) is 6.24. The predicted octanol–water partition coefficient (Wildman–Crippen LogP) is -0.513. The van der Waals surface area contributed by atoms with E-state index in [0.29, 0.717) is 0 Å². The average molecular weight is 236 g/mol. The minimum Gasteiger partial charge on any atom is -0.344 e. The van der Waals surface area contributed by atoms with Gasteiger partial charge in [-0.3, -0.25) is 4.79 Å². The molecule has 0 aromatic heterocycles. The summed E-state index contributed by atoms with van der Waals surface area (Å²) in [5, 5.41) is 2.98. The van der Waals surface area contributed by atoms with E-state index < -0.39 is 9.84 Å². The Morgan fingerprint density at radius 2 is 1.93 bits per heavy atom. The molecular formula is C9H20N2O3S. The Balaban J connectivity index is 3.90. The molecule has 0 aromatic rings. The number of carbonyl (C=O) groups excluding carboxylic acids is 1. The van der Waals surface area contributed by atoms with Crippen LogP contribution in [0.4, 0.5) is 0 Å². The van der Waals surface area contributed by atoms with Crippen LogP contribution >= 0.6 is 0 Å². The summed E-state index contributed by atoms with van der Waals surface area (Å²) >= 11 is 0. The zero-order valence-electron chi connectivity index (χ0n) is 9.78. The van der Waals surface area contributed by atoms with Crippen molar-refractivity contribution < 1.29 is 13.2 Å². The van der Waals surface area contributed by atoms with Crippen molar-refractivity contribution in [2.24, 2.45) is 0 Å². The van der Waals surface area contributed by atoms with Crippen LogP contribution in [-0.4, -0.2) is 57.4 Å². The number of hydrogen-bond acceptors (Lipinski definition) is 4. The Bertz CT molecular complexity index is 298. The van der Waals surface area contributed by atoms with E-state index >= 15 is 0 Å². The number of likely N-dealkylation sites (N-methyl/N-ethyl adjacent to an activating group) is 1. The van der Waals surface area contributed by atoms with E-state index in [1.807, 2.05) is 13.8 Å². The maximum Gasteiger partial charge on any atom is 0.236 e. The predicted molar refractivity (Wildman–Crippen MR) is 60.5 cm³/mol. The van der Waals surface area contributed by atoms with Crippen molar-refractivity contribution in [1.29, 1.82) is 0 Å². The fourth-order valence-corrected chi connectivity index (χ4v) is 1.46. The van der Waals surface area contributed by atoms with Gasteiger partial charge in [-0.05, 0) is 0 Å². The van der Waals surface area contributed by atoms with Crippen LogP contribution in [0.2, 0.25) is 0 Å². The average Bonchev–Trinajstić information content (AvgIpc) is 2.08. The molecule has 6 heteroatoms. The maximum atomic E-state index is 11.4. The third-order valence-electron chi connectivity index (χ3n) is 1.88. The number of amides is 1. The van der Waals surface area contributed by atoms with Gasteiger partial charge in [-0.25, -0.2) is 8.42 Å². The minimum atomic E-state index is -3.00. The number of rotatable bonds is 6. The molecule has 0 bridgehead atoms. The van der Waals surface area contributed by atoms with E-state index in [2.05, 4.69) is 5.32 Å². The van der Waals surface area contributed by atoms with Gasteiger partial charge < -0.3 is 10.2 Å². The van der Waals surface area contributed by atoms with Crippen LogP contribution in [0, 0.1) is 0 Å².